The van der Waals surface area contributed by atoms with Gasteiger partial charge in [-0.3, -0.25) is 19.6 Å². The summed E-state index contributed by atoms with van der Waals surface area (Å²) in [5, 5.41) is 10.8. The van der Waals surface area contributed by atoms with Crippen molar-refractivity contribution in [2.24, 2.45) is 0 Å². The van der Waals surface area contributed by atoms with Crippen LogP contribution in [0.15, 0.2) is 42.5 Å². The molecule has 1 saturated heterocycles. The summed E-state index contributed by atoms with van der Waals surface area (Å²) in [6.07, 6.45) is 0. The van der Waals surface area contributed by atoms with E-state index in [2.05, 4.69) is 20.4 Å². The van der Waals surface area contributed by atoms with Gasteiger partial charge in [0.15, 0.2) is 5.69 Å². The molecule has 2 heterocycles. The first-order chi connectivity index (χ1) is 14.0. The molecule has 0 saturated carbocycles. The molecule has 1 fully saturated rings. The molecule has 150 valence electrons. The average molecular weight is 391 g/mol. The number of H-pyrrole nitrogens is 1. The third-order valence-corrected chi connectivity index (χ3v) is 5.37. The summed E-state index contributed by atoms with van der Waals surface area (Å²) in [5.74, 6) is -0.0837. The number of amides is 2. The van der Waals surface area contributed by atoms with Crippen LogP contribution in [0.1, 0.15) is 28.5 Å². The number of carbonyl (C=O) groups excluding carboxylic acids is 2. The van der Waals surface area contributed by atoms with Crippen molar-refractivity contribution in [3.63, 3.8) is 0 Å². The third-order valence-electron chi connectivity index (χ3n) is 5.37. The molecule has 1 aliphatic heterocycles. The second kappa shape index (κ2) is 8.05. The van der Waals surface area contributed by atoms with Crippen LogP contribution < -0.4 is 5.32 Å². The minimum Gasteiger partial charge on any atom is -0.340 e. The van der Waals surface area contributed by atoms with Crippen molar-refractivity contribution in [1.29, 1.82) is 0 Å². The summed E-state index contributed by atoms with van der Waals surface area (Å²) < 4.78 is 0. The molecule has 2 aromatic carbocycles. The van der Waals surface area contributed by atoms with Gasteiger partial charge in [-0.1, -0.05) is 23.8 Å². The van der Waals surface area contributed by atoms with Crippen molar-refractivity contribution in [2.45, 2.75) is 20.4 Å². The first kappa shape index (κ1) is 19.1. The molecule has 29 heavy (non-hydrogen) atoms. The number of aromatic nitrogens is 2. The number of nitrogens with one attached hydrogen (secondary N) is 2. The van der Waals surface area contributed by atoms with E-state index in [1.807, 2.05) is 54.3 Å². The first-order valence-corrected chi connectivity index (χ1v) is 9.82. The summed E-state index contributed by atoms with van der Waals surface area (Å²) in [4.78, 5) is 28.3. The Balaban J connectivity index is 1.37. The summed E-state index contributed by atoms with van der Waals surface area (Å²) >= 11 is 0. The van der Waals surface area contributed by atoms with Crippen LogP contribution in [0.4, 0.5) is 5.69 Å². The molecule has 0 radical (unpaired) electrons. The van der Waals surface area contributed by atoms with Crippen LogP contribution in [-0.4, -0.2) is 58.0 Å². The number of hydrogen-bond acceptors (Lipinski definition) is 4. The molecule has 4 rings (SSSR count). The quantitative estimate of drug-likeness (QED) is 0.717. The maximum atomic E-state index is 12.7. The lowest BCUT2D eigenvalue weighted by Crippen LogP contribution is -2.47. The maximum absolute atomic E-state index is 12.7. The summed E-state index contributed by atoms with van der Waals surface area (Å²) in [6.45, 7) is 7.76. The summed E-state index contributed by atoms with van der Waals surface area (Å²) in [6, 6.07) is 13.8. The van der Waals surface area contributed by atoms with E-state index < -0.39 is 0 Å². The van der Waals surface area contributed by atoms with Crippen molar-refractivity contribution < 1.29 is 9.59 Å². The summed E-state index contributed by atoms with van der Waals surface area (Å²) in [7, 11) is 0. The number of hydrogen-bond donors (Lipinski definition) is 2. The molecular formula is C22H25N5O2. The Morgan fingerprint density at radius 2 is 1.79 bits per heavy atom. The van der Waals surface area contributed by atoms with Crippen molar-refractivity contribution >= 4 is 28.4 Å². The lowest BCUT2D eigenvalue weighted by molar-refractivity contribution is -0.130. The molecule has 1 aliphatic rings. The zero-order chi connectivity index (χ0) is 20.4. The van der Waals surface area contributed by atoms with E-state index in [-0.39, 0.29) is 11.8 Å². The van der Waals surface area contributed by atoms with Gasteiger partial charge < -0.3 is 10.2 Å². The number of anilines is 1. The molecule has 2 amide bonds. The molecule has 0 bridgehead atoms. The second-order valence-corrected chi connectivity index (χ2v) is 7.55. The summed E-state index contributed by atoms with van der Waals surface area (Å²) in [5.41, 5.74) is 4.25. The number of benzene rings is 2. The van der Waals surface area contributed by atoms with Gasteiger partial charge in [0.25, 0.3) is 5.91 Å². The predicted octanol–water partition coefficient (Wildman–Crippen LogP) is 2.79. The molecule has 0 aliphatic carbocycles. The number of nitrogens with zero attached hydrogens (tertiary/aromatic N) is 3. The van der Waals surface area contributed by atoms with E-state index in [1.165, 1.54) is 5.56 Å². The highest BCUT2D eigenvalue weighted by molar-refractivity contribution is 6.11. The molecule has 0 spiro atoms. The Morgan fingerprint density at radius 3 is 2.48 bits per heavy atom. The van der Waals surface area contributed by atoms with Gasteiger partial charge >= 0.3 is 0 Å². The van der Waals surface area contributed by atoms with Gasteiger partial charge in [-0.2, -0.15) is 5.10 Å². The van der Waals surface area contributed by atoms with Gasteiger partial charge in [0.05, 0.1) is 5.52 Å². The zero-order valence-corrected chi connectivity index (χ0v) is 16.7. The number of aryl methyl sites for hydroxylation is 1. The Hall–Kier alpha value is -3.19. The number of fused-ring (bicyclic) bond motifs is 1. The van der Waals surface area contributed by atoms with Crippen LogP contribution in [0.25, 0.3) is 10.9 Å². The highest BCUT2D eigenvalue weighted by atomic mass is 16.2. The maximum Gasteiger partial charge on any atom is 0.276 e. The molecule has 0 atom stereocenters. The van der Waals surface area contributed by atoms with Gasteiger partial charge in [-0.25, -0.2) is 0 Å². The van der Waals surface area contributed by atoms with Crippen LogP contribution in [-0.2, 0) is 11.3 Å². The van der Waals surface area contributed by atoms with Gasteiger partial charge in [0.2, 0.25) is 5.91 Å². The molecule has 2 N–H and O–H groups in total. The molecule has 1 aromatic heterocycles. The fraction of sp³-hybridized carbons (Fsp3) is 0.318. The number of piperazine rings is 1. The highest BCUT2D eigenvalue weighted by Gasteiger charge is 2.18. The van der Waals surface area contributed by atoms with E-state index in [4.69, 9.17) is 0 Å². The SMILES string of the molecule is CC(=O)N1CCN(Cc2ccc(NC(=O)c3n[nH]c4ccc(C)cc34)cc2)CC1. The van der Waals surface area contributed by atoms with Gasteiger partial charge in [-0.05, 0) is 36.8 Å². The minimum atomic E-state index is -0.227. The van der Waals surface area contributed by atoms with Crippen LogP contribution in [0.2, 0.25) is 0 Å². The number of aromatic amines is 1. The second-order valence-electron chi connectivity index (χ2n) is 7.55. The Bertz CT molecular complexity index is 1030. The lowest BCUT2D eigenvalue weighted by atomic mass is 10.1. The van der Waals surface area contributed by atoms with Crippen LogP contribution in [0.5, 0.6) is 0 Å². The molecule has 7 nitrogen and oxygen atoms in total. The predicted molar refractivity (Wildman–Crippen MR) is 113 cm³/mol. The Morgan fingerprint density at radius 1 is 1.07 bits per heavy atom. The minimum absolute atomic E-state index is 0.143. The lowest BCUT2D eigenvalue weighted by Gasteiger charge is -2.34. The molecule has 7 heteroatoms. The third kappa shape index (κ3) is 4.30. The van der Waals surface area contributed by atoms with Crippen LogP contribution in [0, 0.1) is 6.92 Å². The van der Waals surface area contributed by atoms with Gasteiger partial charge in [-0.15, -0.1) is 0 Å². The van der Waals surface area contributed by atoms with Crippen molar-refractivity contribution in [3.05, 3.63) is 59.3 Å². The van der Waals surface area contributed by atoms with Gasteiger partial charge in [0.1, 0.15) is 0 Å². The van der Waals surface area contributed by atoms with E-state index in [0.29, 0.717) is 5.69 Å². The largest absolute Gasteiger partial charge is 0.340 e. The van der Waals surface area contributed by atoms with E-state index in [9.17, 15) is 9.59 Å². The molecular weight excluding hydrogens is 366 g/mol. The zero-order valence-electron chi connectivity index (χ0n) is 16.7. The van der Waals surface area contributed by atoms with Crippen LogP contribution >= 0.6 is 0 Å². The van der Waals surface area contributed by atoms with E-state index >= 15 is 0 Å². The van der Waals surface area contributed by atoms with Crippen molar-refractivity contribution in [3.8, 4) is 0 Å². The highest BCUT2D eigenvalue weighted by Crippen LogP contribution is 2.19. The smallest absolute Gasteiger partial charge is 0.276 e. The van der Waals surface area contributed by atoms with Crippen molar-refractivity contribution in [2.75, 3.05) is 31.5 Å². The number of rotatable bonds is 4. The fourth-order valence-corrected chi connectivity index (χ4v) is 3.66. The average Bonchev–Trinajstić information content (AvgIpc) is 3.13. The molecule has 0 unspecified atom stereocenters. The number of carbonyl (C=O) groups is 2. The standard InChI is InChI=1S/C22H25N5O2/c1-15-3-8-20-19(13-15)21(25-24-20)22(29)23-18-6-4-17(5-7-18)14-26-9-11-27(12-10-26)16(2)28/h3-8,13H,9-12,14H2,1-2H3,(H,23,29)(H,24,25). The molecule has 3 aromatic rings. The Kier molecular flexibility index (Phi) is 5.31. The topological polar surface area (TPSA) is 81.3 Å². The first-order valence-electron chi connectivity index (χ1n) is 9.82. The van der Waals surface area contributed by atoms with Crippen molar-refractivity contribution in [1.82, 2.24) is 20.0 Å². The normalized spacial score (nSPS) is 14.9. The monoisotopic (exact) mass is 391 g/mol. The Labute approximate surface area is 169 Å². The van der Waals surface area contributed by atoms with E-state index in [1.54, 1.807) is 6.92 Å². The van der Waals surface area contributed by atoms with Gasteiger partial charge in [0, 0.05) is 50.7 Å². The van der Waals surface area contributed by atoms with Crippen LogP contribution in [0.3, 0.4) is 0 Å². The fourth-order valence-electron chi connectivity index (χ4n) is 3.66. The van der Waals surface area contributed by atoms with E-state index in [0.717, 1.165) is 54.9 Å².